The van der Waals surface area contributed by atoms with E-state index in [-0.39, 0.29) is 17.9 Å². The SMILES string of the molecule is C[C@H](NC(=O)[C@H]1CC(c2ccc(Cl)cc2)=NO1)C(=O)NC1CC1. The van der Waals surface area contributed by atoms with Crippen molar-refractivity contribution in [2.24, 2.45) is 5.16 Å². The van der Waals surface area contributed by atoms with Gasteiger partial charge >= 0.3 is 0 Å². The Bertz CT molecular complexity index is 640. The number of hydrogen-bond donors (Lipinski definition) is 2. The van der Waals surface area contributed by atoms with Gasteiger partial charge in [-0.05, 0) is 37.5 Å². The third-order valence-corrected chi connectivity index (χ3v) is 4.07. The van der Waals surface area contributed by atoms with Crippen molar-refractivity contribution in [3.63, 3.8) is 0 Å². The van der Waals surface area contributed by atoms with Crippen LogP contribution in [0.15, 0.2) is 29.4 Å². The highest BCUT2D eigenvalue weighted by Crippen LogP contribution is 2.20. The van der Waals surface area contributed by atoms with Gasteiger partial charge < -0.3 is 15.5 Å². The molecule has 1 aliphatic heterocycles. The van der Waals surface area contributed by atoms with Crippen molar-refractivity contribution >= 4 is 29.1 Å². The lowest BCUT2D eigenvalue weighted by Gasteiger charge is -2.15. The number of nitrogens with one attached hydrogen (secondary N) is 2. The van der Waals surface area contributed by atoms with Gasteiger partial charge in [-0.25, -0.2) is 0 Å². The Kier molecular flexibility index (Phi) is 4.52. The summed E-state index contributed by atoms with van der Waals surface area (Å²) in [5, 5.41) is 10.1. The molecule has 1 fully saturated rings. The van der Waals surface area contributed by atoms with Crippen molar-refractivity contribution in [1.29, 1.82) is 0 Å². The lowest BCUT2D eigenvalue weighted by molar-refractivity contribution is -0.135. The molecule has 3 rings (SSSR count). The Morgan fingerprint density at radius 1 is 1.30 bits per heavy atom. The number of oxime groups is 1. The van der Waals surface area contributed by atoms with Crippen molar-refractivity contribution in [2.75, 3.05) is 0 Å². The zero-order valence-corrected chi connectivity index (χ0v) is 13.5. The zero-order valence-electron chi connectivity index (χ0n) is 12.7. The molecule has 0 saturated heterocycles. The fourth-order valence-electron chi connectivity index (χ4n) is 2.26. The summed E-state index contributed by atoms with van der Waals surface area (Å²) in [6.45, 7) is 1.66. The molecule has 0 radical (unpaired) electrons. The van der Waals surface area contributed by atoms with E-state index < -0.39 is 12.1 Å². The number of hydrogen-bond acceptors (Lipinski definition) is 4. The van der Waals surface area contributed by atoms with Gasteiger partial charge in [0.15, 0.2) is 0 Å². The van der Waals surface area contributed by atoms with Gasteiger partial charge in [-0.2, -0.15) is 0 Å². The van der Waals surface area contributed by atoms with Crippen molar-refractivity contribution in [3.8, 4) is 0 Å². The quantitative estimate of drug-likeness (QED) is 0.858. The molecule has 0 spiro atoms. The zero-order chi connectivity index (χ0) is 16.4. The van der Waals surface area contributed by atoms with E-state index >= 15 is 0 Å². The summed E-state index contributed by atoms with van der Waals surface area (Å²) in [7, 11) is 0. The van der Waals surface area contributed by atoms with Crippen LogP contribution in [0.1, 0.15) is 31.7 Å². The van der Waals surface area contributed by atoms with Crippen molar-refractivity contribution in [3.05, 3.63) is 34.9 Å². The molecule has 0 unspecified atom stereocenters. The first-order chi connectivity index (χ1) is 11.0. The summed E-state index contributed by atoms with van der Waals surface area (Å²) in [6.07, 6.45) is 1.67. The second-order valence-corrected chi connectivity index (χ2v) is 6.29. The molecular weight excluding hydrogens is 318 g/mol. The van der Waals surface area contributed by atoms with Gasteiger partial charge in [0.2, 0.25) is 12.0 Å². The van der Waals surface area contributed by atoms with E-state index in [9.17, 15) is 9.59 Å². The largest absolute Gasteiger partial charge is 0.382 e. The van der Waals surface area contributed by atoms with E-state index in [1.54, 1.807) is 19.1 Å². The van der Waals surface area contributed by atoms with Crippen molar-refractivity contribution in [1.82, 2.24) is 10.6 Å². The minimum absolute atomic E-state index is 0.169. The minimum atomic E-state index is -0.711. The van der Waals surface area contributed by atoms with Crippen LogP contribution in [0.4, 0.5) is 0 Å². The predicted molar refractivity (Wildman–Crippen MR) is 86.2 cm³/mol. The smallest absolute Gasteiger partial charge is 0.264 e. The van der Waals surface area contributed by atoms with Gasteiger partial charge in [0.25, 0.3) is 5.91 Å². The van der Waals surface area contributed by atoms with Gasteiger partial charge in [0, 0.05) is 17.5 Å². The second-order valence-electron chi connectivity index (χ2n) is 5.86. The van der Waals surface area contributed by atoms with E-state index in [1.807, 2.05) is 12.1 Å². The van der Waals surface area contributed by atoms with Crippen LogP contribution in [-0.2, 0) is 14.4 Å². The standard InChI is InChI=1S/C16H18ClN3O3/c1-9(15(21)19-12-6-7-12)18-16(22)14-8-13(20-23-14)10-2-4-11(17)5-3-10/h2-5,9,12,14H,6-8H2,1H3,(H,18,22)(H,19,21)/t9-,14+/m0/s1. The fraction of sp³-hybridized carbons (Fsp3) is 0.438. The van der Waals surface area contributed by atoms with Crippen LogP contribution in [0.25, 0.3) is 0 Å². The Labute approximate surface area is 139 Å². The number of carbonyl (C=O) groups is 2. The molecule has 2 N–H and O–H groups in total. The van der Waals surface area contributed by atoms with Crippen LogP contribution in [-0.4, -0.2) is 35.7 Å². The van der Waals surface area contributed by atoms with Crippen LogP contribution in [0, 0.1) is 0 Å². The Balaban J connectivity index is 1.51. The average Bonchev–Trinajstić information content (AvgIpc) is 3.20. The molecule has 0 bridgehead atoms. The number of carbonyl (C=O) groups excluding carboxylic acids is 2. The molecule has 7 heteroatoms. The predicted octanol–water partition coefficient (Wildman–Crippen LogP) is 1.62. The van der Waals surface area contributed by atoms with Crippen LogP contribution in [0.3, 0.4) is 0 Å². The highest BCUT2D eigenvalue weighted by atomic mass is 35.5. The van der Waals surface area contributed by atoms with Crippen LogP contribution >= 0.6 is 11.6 Å². The number of benzene rings is 1. The molecule has 0 aromatic heterocycles. The summed E-state index contributed by atoms with van der Waals surface area (Å²) < 4.78 is 0. The summed E-state index contributed by atoms with van der Waals surface area (Å²) in [6, 6.07) is 6.86. The minimum Gasteiger partial charge on any atom is -0.382 e. The van der Waals surface area contributed by atoms with Gasteiger partial charge in [-0.15, -0.1) is 0 Å². The molecule has 1 heterocycles. The van der Waals surface area contributed by atoms with Gasteiger partial charge in [-0.3, -0.25) is 9.59 Å². The van der Waals surface area contributed by atoms with E-state index in [0.717, 1.165) is 18.4 Å². The topological polar surface area (TPSA) is 79.8 Å². The van der Waals surface area contributed by atoms with E-state index in [1.165, 1.54) is 0 Å². The molecule has 2 amide bonds. The summed E-state index contributed by atoms with van der Waals surface area (Å²) in [5.74, 6) is -0.506. The number of halogens is 1. The van der Waals surface area contributed by atoms with Crippen molar-refractivity contribution < 1.29 is 14.4 Å². The van der Waals surface area contributed by atoms with E-state index in [4.69, 9.17) is 16.4 Å². The highest BCUT2D eigenvalue weighted by molar-refractivity contribution is 6.30. The van der Waals surface area contributed by atoms with Crippen LogP contribution in [0.2, 0.25) is 5.02 Å². The molecule has 1 aliphatic carbocycles. The molecule has 23 heavy (non-hydrogen) atoms. The Morgan fingerprint density at radius 3 is 2.65 bits per heavy atom. The molecule has 2 atom stereocenters. The van der Waals surface area contributed by atoms with E-state index in [2.05, 4.69) is 15.8 Å². The van der Waals surface area contributed by atoms with Gasteiger partial charge in [0.1, 0.15) is 6.04 Å². The molecule has 6 nitrogen and oxygen atoms in total. The first-order valence-electron chi connectivity index (χ1n) is 7.62. The molecular formula is C16H18ClN3O3. The first kappa shape index (κ1) is 15.8. The van der Waals surface area contributed by atoms with E-state index in [0.29, 0.717) is 17.2 Å². The maximum absolute atomic E-state index is 12.2. The normalized spacial score (nSPS) is 21.1. The Morgan fingerprint density at radius 2 is 2.00 bits per heavy atom. The summed E-state index contributed by atoms with van der Waals surface area (Å²) in [5.41, 5.74) is 1.56. The third-order valence-electron chi connectivity index (χ3n) is 3.81. The lowest BCUT2D eigenvalue weighted by Crippen LogP contribution is -2.48. The lowest BCUT2D eigenvalue weighted by atomic mass is 10.0. The molecule has 1 aromatic carbocycles. The summed E-state index contributed by atoms with van der Waals surface area (Å²) >= 11 is 5.85. The third kappa shape index (κ3) is 4.01. The summed E-state index contributed by atoms with van der Waals surface area (Å²) in [4.78, 5) is 29.2. The number of nitrogens with zero attached hydrogens (tertiary/aromatic N) is 1. The maximum Gasteiger partial charge on any atom is 0.264 e. The van der Waals surface area contributed by atoms with Gasteiger partial charge in [0.05, 0.1) is 5.71 Å². The average molecular weight is 336 g/mol. The number of rotatable bonds is 5. The molecule has 122 valence electrons. The highest BCUT2D eigenvalue weighted by Gasteiger charge is 2.32. The second kappa shape index (κ2) is 6.58. The fourth-order valence-corrected chi connectivity index (χ4v) is 2.38. The van der Waals surface area contributed by atoms with Crippen molar-refractivity contribution in [2.45, 2.75) is 44.4 Å². The van der Waals surface area contributed by atoms with Crippen LogP contribution < -0.4 is 10.6 Å². The molecule has 1 aromatic rings. The Hall–Kier alpha value is -2.08. The molecule has 2 aliphatic rings. The first-order valence-corrected chi connectivity index (χ1v) is 8.00. The maximum atomic E-state index is 12.2. The van der Waals surface area contributed by atoms with Crippen LogP contribution in [0.5, 0.6) is 0 Å². The van der Waals surface area contributed by atoms with Gasteiger partial charge in [-0.1, -0.05) is 28.9 Å². The number of amides is 2. The molecule has 1 saturated carbocycles. The monoisotopic (exact) mass is 335 g/mol.